The van der Waals surface area contributed by atoms with E-state index in [2.05, 4.69) is 20.5 Å². The van der Waals surface area contributed by atoms with Crippen LogP contribution >= 0.6 is 18.9 Å². The summed E-state index contributed by atoms with van der Waals surface area (Å²) < 4.78 is 40.4. The van der Waals surface area contributed by atoms with Crippen molar-refractivity contribution in [3.8, 4) is 0 Å². The molecule has 0 spiro atoms. The third-order valence-corrected chi connectivity index (χ3v) is 11.9. The van der Waals surface area contributed by atoms with Crippen molar-refractivity contribution < 1.29 is 37.5 Å². The fraction of sp³-hybridized carbons (Fsp3) is 0.484. The van der Waals surface area contributed by atoms with Crippen molar-refractivity contribution >= 4 is 52.4 Å². The van der Waals surface area contributed by atoms with Crippen LogP contribution in [-0.4, -0.2) is 74.6 Å². The van der Waals surface area contributed by atoms with Crippen molar-refractivity contribution in [1.29, 1.82) is 0 Å². The molecule has 11 nitrogen and oxygen atoms in total. The monoisotopic (exact) mass is 673 g/mol. The second-order valence-corrected chi connectivity index (χ2v) is 15.6. The number of benzene rings is 1. The molecule has 1 unspecified atom stereocenters. The number of nitrogens with one attached hydrogen (secondary N) is 2. The average Bonchev–Trinajstić information content (AvgIpc) is 3.39. The van der Waals surface area contributed by atoms with E-state index in [1.807, 2.05) is 12.1 Å². The van der Waals surface area contributed by atoms with Crippen LogP contribution in [0.4, 0.5) is 14.5 Å². The Labute approximate surface area is 267 Å². The van der Waals surface area contributed by atoms with Gasteiger partial charge in [-0.1, -0.05) is 6.07 Å². The number of thiophene rings is 1. The van der Waals surface area contributed by atoms with Crippen LogP contribution in [-0.2, 0) is 19.8 Å². The SMILES string of the molecule is O=C(NC1C[C@H]2C[C@H]2C[C@H]2CC[C@@H](C(=O)N[C@@H]3CCN(c4cccnc4)C3)N2C1=O)c1cc2cc(C(F)(F)P(=O)(O)O)ccc2s1. The zero-order valence-electron chi connectivity index (χ0n) is 24.7. The summed E-state index contributed by atoms with van der Waals surface area (Å²) in [7, 11) is -5.75. The van der Waals surface area contributed by atoms with Gasteiger partial charge in [-0.15, -0.1) is 11.3 Å². The number of fused-ring (bicyclic) bond motifs is 3. The highest BCUT2D eigenvalue weighted by molar-refractivity contribution is 7.52. The number of hydrogen-bond donors (Lipinski definition) is 4. The summed E-state index contributed by atoms with van der Waals surface area (Å²) in [5.41, 5.74) is -4.22. The molecule has 15 heteroatoms. The largest absolute Gasteiger partial charge is 0.399 e. The lowest BCUT2D eigenvalue weighted by Crippen LogP contribution is -2.57. The molecule has 4 fully saturated rings. The van der Waals surface area contributed by atoms with Gasteiger partial charge in [0.2, 0.25) is 11.8 Å². The molecule has 7 rings (SSSR count). The first-order valence-corrected chi connectivity index (χ1v) is 17.9. The van der Waals surface area contributed by atoms with Gasteiger partial charge in [-0.3, -0.25) is 23.9 Å². The van der Waals surface area contributed by atoms with E-state index in [1.165, 1.54) is 12.1 Å². The molecule has 3 amide bonds. The molecule has 3 aliphatic heterocycles. The summed E-state index contributed by atoms with van der Waals surface area (Å²) in [5.74, 6) is -0.267. The summed E-state index contributed by atoms with van der Waals surface area (Å²) >= 11 is 1.04. The Kier molecular flexibility index (Phi) is 7.90. The molecule has 244 valence electrons. The van der Waals surface area contributed by atoms with Crippen LogP contribution in [0, 0.1) is 11.8 Å². The first-order chi connectivity index (χ1) is 21.9. The van der Waals surface area contributed by atoms with Gasteiger partial charge in [0, 0.05) is 41.6 Å². The number of carbonyl (C=O) groups excluding carboxylic acids is 3. The molecule has 5 heterocycles. The van der Waals surface area contributed by atoms with Gasteiger partial charge >= 0.3 is 13.3 Å². The van der Waals surface area contributed by atoms with Crippen LogP contribution < -0.4 is 15.5 Å². The van der Waals surface area contributed by atoms with E-state index in [-0.39, 0.29) is 34.2 Å². The van der Waals surface area contributed by atoms with Crippen molar-refractivity contribution in [3.05, 3.63) is 59.2 Å². The van der Waals surface area contributed by atoms with Crippen LogP contribution in [0.2, 0.25) is 0 Å². The van der Waals surface area contributed by atoms with E-state index in [4.69, 9.17) is 9.79 Å². The Bertz CT molecular complexity index is 1740. The number of hydrogen-bond acceptors (Lipinski definition) is 7. The minimum atomic E-state index is -5.75. The molecular weight excluding hydrogens is 639 g/mol. The summed E-state index contributed by atoms with van der Waals surface area (Å²) in [6.07, 6.45) is 7.83. The minimum Gasteiger partial charge on any atom is -0.368 e. The Morgan fingerprint density at radius 1 is 1.04 bits per heavy atom. The number of nitrogens with zero attached hydrogens (tertiary/aromatic N) is 3. The van der Waals surface area contributed by atoms with Gasteiger partial charge in [0.05, 0.1) is 16.8 Å². The van der Waals surface area contributed by atoms with Crippen molar-refractivity contribution in [3.63, 3.8) is 0 Å². The molecule has 46 heavy (non-hydrogen) atoms. The molecule has 6 atom stereocenters. The number of aromatic nitrogens is 1. The van der Waals surface area contributed by atoms with E-state index in [9.17, 15) is 27.7 Å². The zero-order chi connectivity index (χ0) is 32.4. The standard InChI is InChI=1S/C31H34F2N5O6PS/c32-31(33,45(42,43)44)20-3-6-26-19(11-20)14-27(46-26)29(40)36-24-13-18-10-17(18)12-22-4-5-25(38(22)30(24)41)28(39)35-21-7-9-37(16-21)23-2-1-8-34-15-23/h1-3,6,8,11,14-15,17-18,21-22,24-25H,4-5,7,9-10,12-13,16H2,(H,35,39)(H,36,40)(H2,42,43,44)/t17-,18+,21+,22+,24?,25-/m0/s1. The Morgan fingerprint density at radius 3 is 2.61 bits per heavy atom. The molecule has 4 N–H and O–H groups in total. The number of pyridine rings is 1. The number of alkyl halides is 2. The first kappa shape index (κ1) is 31.2. The minimum absolute atomic E-state index is 0.0601. The Hall–Kier alpha value is -3.45. The number of anilines is 1. The maximum absolute atomic E-state index is 14.3. The van der Waals surface area contributed by atoms with Gasteiger partial charge < -0.3 is 30.2 Å². The fourth-order valence-electron chi connectivity index (χ4n) is 7.34. The van der Waals surface area contributed by atoms with Crippen molar-refractivity contribution in [2.45, 2.75) is 68.4 Å². The molecule has 1 aliphatic carbocycles. The number of amides is 3. The van der Waals surface area contributed by atoms with Gasteiger partial charge in [-0.2, -0.15) is 8.78 Å². The van der Waals surface area contributed by atoms with Crippen LogP contribution in [0.5, 0.6) is 0 Å². The second-order valence-electron chi connectivity index (χ2n) is 12.8. The van der Waals surface area contributed by atoms with Crippen LogP contribution in [0.1, 0.15) is 53.8 Å². The lowest BCUT2D eigenvalue weighted by molar-refractivity contribution is -0.143. The lowest BCUT2D eigenvalue weighted by atomic mass is 9.99. The van der Waals surface area contributed by atoms with E-state index in [0.29, 0.717) is 35.9 Å². The highest BCUT2D eigenvalue weighted by Gasteiger charge is 2.52. The summed E-state index contributed by atoms with van der Waals surface area (Å²) in [6, 6.07) is 6.84. The van der Waals surface area contributed by atoms with E-state index in [1.54, 1.807) is 17.3 Å². The number of rotatable bonds is 7. The lowest BCUT2D eigenvalue weighted by Gasteiger charge is -2.35. The van der Waals surface area contributed by atoms with Gasteiger partial charge in [-0.05, 0) is 86.1 Å². The third-order valence-electron chi connectivity index (χ3n) is 9.84. The Balaban J connectivity index is 1.06. The predicted octanol–water partition coefficient (Wildman–Crippen LogP) is 3.81. The maximum atomic E-state index is 14.3. The van der Waals surface area contributed by atoms with Crippen LogP contribution in [0.3, 0.4) is 0 Å². The molecule has 0 bridgehead atoms. The molecule has 3 aromatic rings. The van der Waals surface area contributed by atoms with Crippen LogP contribution in [0.25, 0.3) is 10.1 Å². The van der Waals surface area contributed by atoms with E-state index >= 15 is 0 Å². The summed E-state index contributed by atoms with van der Waals surface area (Å²) in [4.78, 5) is 67.6. The smallest absolute Gasteiger partial charge is 0.368 e. The molecule has 1 aromatic carbocycles. The number of halogens is 2. The Morgan fingerprint density at radius 2 is 1.85 bits per heavy atom. The van der Waals surface area contributed by atoms with E-state index < -0.39 is 36.8 Å². The number of carbonyl (C=O) groups is 3. The third kappa shape index (κ3) is 5.80. The molecule has 1 saturated carbocycles. The molecule has 3 saturated heterocycles. The van der Waals surface area contributed by atoms with Crippen LogP contribution in [0.15, 0.2) is 48.8 Å². The average molecular weight is 674 g/mol. The first-order valence-electron chi connectivity index (χ1n) is 15.4. The fourth-order valence-corrected chi connectivity index (χ4v) is 8.76. The summed E-state index contributed by atoms with van der Waals surface area (Å²) in [5, 5.41) is 6.28. The van der Waals surface area contributed by atoms with Crippen molar-refractivity contribution in [1.82, 2.24) is 20.5 Å². The topological polar surface area (TPSA) is 152 Å². The maximum Gasteiger partial charge on any atom is 0.399 e. The molecule has 4 aliphatic rings. The quantitative estimate of drug-likeness (QED) is 0.277. The van der Waals surface area contributed by atoms with Gasteiger partial charge in [-0.25, -0.2) is 0 Å². The highest BCUT2D eigenvalue weighted by atomic mass is 32.1. The van der Waals surface area contributed by atoms with Gasteiger partial charge in [0.1, 0.15) is 12.1 Å². The highest BCUT2D eigenvalue weighted by Crippen LogP contribution is 2.59. The van der Waals surface area contributed by atoms with Gasteiger partial charge in [0.25, 0.3) is 5.91 Å². The normalized spacial score (nSPS) is 28.0. The zero-order valence-corrected chi connectivity index (χ0v) is 26.4. The predicted molar refractivity (Wildman–Crippen MR) is 167 cm³/mol. The van der Waals surface area contributed by atoms with Crippen molar-refractivity contribution in [2.24, 2.45) is 11.8 Å². The molecule has 0 radical (unpaired) electrons. The molecule has 2 aromatic heterocycles. The van der Waals surface area contributed by atoms with E-state index in [0.717, 1.165) is 61.4 Å². The molecular formula is C31H34F2N5O6PS. The summed E-state index contributed by atoms with van der Waals surface area (Å²) in [6.45, 7) is 1.44. The van der Waals surface area contributed by atoms with Crippen molar-refractivity contribution in [2.75, 3.05) is 18.0 Å². The second kappa shape index (κ2) is 11.7. The van der Waals surface area contributed by atoms with Gasteiger partial charge in [0.15, 0.2) is 0 Å².